The number of hydrogen-bond donors (Lipinski definition) is 1. The van der Waals surface area contributed by atoms with Crippen molar-refractivity contribution in [2.45, 2.75) is 39.3 Å². The van der Waals surface area contributed by atoms with Crippen LogP contribution in [0.3, 0.4) is 0 Å². The Bertz CT molecular complexity index is 1290. The largest absolute Gasteiger partial charge is 0.484 e. The first kappa shape index (κ1) is 22.5. The zero-order valence-corrected chi connectivity index (χ0v) is 20.2. The maximum atomic E-state index is 12.6. The lowest BCUT2D eigenvalue weighted by molar-refractivity contribution is -0.121. The molecule has 5 rings (SSSR count). The van der Waals surface area contributed by atoms with Crippen LogP contribution in [0.1, 0.15) is 40.6 Å². The predicted molar refractivity (Wildman–Crippen MR) is 131 cm³/mol. The number of carbonyl (C=O) groups is 1. The fourth-order valence-corrected chi connectivity index (χ4v) is 5.18. The molecule has 1 aliphatic heterocycles. The van der Waals surface area contributed by atoms with Crippen molar-refractivity contribution >= 4 is 23.0 Å². The van der Waals surface area contributed by atoms with Crippen LogP contribution in [0, 0.1) is 13.8 Å². The highest BCUT2D eigenvalue weighted by Gasteiger charge is 2.24. The third-order valence-electron chi connectivity index (χ3n) is 6.32. The maximum Gasteiger partial charge on any atom is 0.252 e. The Labute approximate surface area is 202 Å². The predicted octanol–water partition coefficient (Wildman–Crippen LogP) is 3.49. The van der Waals surface area contributed by atoms with Gasteiger partial charge in [-0.2, -0.15) is 21.4 Å². The lowest BCUT2D eigenvalue weighted by atomic mass is 10.1. The van der Waals surface area contributed by atoms with Crippen molar-refractivity contribution < 1.29 is 9.53 Å². The maximum absolute atomic E-state index is 12.6. The molecule has 1 unspecified atom stereocenters. The summed E-state index contributed by atoms with van der Waals surface area (Å²) in [6.45, 7) is 6.88. The molecule has 1 N–H and O–H groups in total. The topological polar surface area (TPSA) is 84.6 Å². The first-order chi connectivity index (χ1) is 16.6. The van der Waals surface area contributed by atoms with E-state index in [2.05, 4.69) is 48.2 Å². The normalized spacial score (nSPS) is 16.1. The van der Waals surface area contributed by atoms with Gasteiger partial charge in [0.25, 0.3) is 5.78 Å². The molecule has 4 aromatic rings. The standard InChI is InChI=1S/C25H28N6O2S/c1-17-21(18(2)31-25(29-17)27-16-28-31)7-8-24(32)26-10-11-30-13-19-5-3-4-6-22(19)33-23(14-30)20-9-12-34-15-20/h3-6,9,12,15-16,23H,7-8,10-11,13-14H2,1-2H3,(H,26,32). The zero-order chi connectivity index (χ0) is 23.5. The van der Waals surface area contributed by atoms with Crippen molar-refractivity contribution in [1.82, 2.24) is 29.8 Å². The molecule has 0 radical (unpaired) electrons. The molecule has 0 aliphatic carbocycles. The van der Waals surface area contributed by atoms with Crippen LogP contribution in [0.5, 0.6) is 5.75 Å². The highest BCUT2D eigenvalue weighted by atomic mass is 32.1. The highest BCUT2D eigenvalue weighted by molar-refractivity contribution is 7.07. The van der Waals surface area contributed by atoms with Crippen molar-refractivity contribution in [3.05, 3.63) is 75.5 Å². The summed E-state index contributed by atoms with van der Waals surface area (Å²) in [5.74, 6) is 1.57. The van der Waals surface area contributed by atoms with Crippen LogP contribution in [0.25, 0.3) is 5.78 Å². The third kappa shape index (κ3) is 4.80. The second kappa shape index (κ2) is 9.90. The number of nitrogens with zero attached hydrogens (tertiary/aromatic N) is 5. The van der Waals surface area contributed by atoms with E-state index in [1.54, 1.807) is 15.9 Å². The number of ether oxygens (including phenoxy) is 1. The van der Waals surface area contributed by atoms with E-state index >= 15 is 0 Å². The average Bonchev–Trinajstić information content (AvgIpc) is 3.49. The number of carbonyl (C=O) groups excluding carboxylic acids is 1. The van der Waals surface area contributed by atoms with Gasteiger partial charge in [-0.15, -0.1) is 0 Å². The number of para-hydroxylation sites is 1. The number of fused-ring (bicyclic) bond motifs is 2. The molecule has 3 aromatic heterocycles. The molecule has 0 spiro atoms. The van der Waals surface area contributed by atoms with Gasteiger partial charge < -0.3 is 10.1 Å². The van der Waals surface area contributed by atoms with Crippen molar-refractivity contribution in [1.29, 1.82) is 0 Å². The fraction of sp³-hybridized carbons (Fsp3) is 0.360. The summed E-state index contributed by atoms with van der Waals surface area (Å²) in [5.41, 5.74) is 5.30. The van der Waals surface area contributed by atoms with Crippen LogP contribution in [0.2, 0.25) is 0 Å². The average molecular weight is 477 g/mol. The molecule has 4 heterocycles. The number of hydrogen-bond acceptors (Lipinski definition) is 7. The van der Waals surface area contributed by atoms with E-state index in [1.807, 2.05) is 32.0 Å². The lowest BCUT2D eigenvalue weighted by Crippen LogP contribution is -2.36. The molecule has 1 aromatic carbocycles. The molecule has 34 heavy (non-hydrogen) atoms. The molecule has 8 nitrogen and oxygen atoms in total. The van der Waals surface area contributed by atoms with Gasteiger partial charge in [-0.05, 0) is 48.7 Å². The summed E-state index contributed by atoms with van der Waals surface area (Å²) in [5, 5.41) is 11.5. The van der Waals surface area contributed by atoms with E-state index < -0.39 is 0 Å². The molecule has 1 aliphatic rings. The van der Waals surface area contributed by atoms with Gasteiger partial charge in [0.15, 0.2) is 0 Å². The van der Waals surface area contributed by atoms with Gasteiger partial charge in [0.05, 0.1) is 0 Å². The molecule has 0 saturated heterocycles. The molecule has 1 atom stereocenters. The Morgan fingerprint density at radius 2 is 2.15 bits per heavy atom. The van der Waals surface area contributed by atoms with Crippen LogP contribution in [-0.4, -0.2) is 50.0 Å². The van der Waals surface area contributed by atoms with Gasteiger partial charge in [-0.3, -0.25) is 9.69 Å². The summed E-state index contributed by atoms with van der Waals surface area (Å²) < 4.78 is 8.08. The van der Waals surface area contributed by atoms with Crippen LogP contribution in [-0.2, 0) is 17.8 Å². The van der Waals surface area contributed by atoms with Crippen molar-refractivity contribution in [2.24, 2.45) is 0 Å². The first-order valence-electron chi connectivity index (χ1n) is 11.5. The Morgan fingerprint density at radius 3 is 3.00 bits per heavy atom. The number of nitrogens with one attached hydrogen (secondary N) is 1. The number of thiophene rings is 1. The Hall–Kier alpha value is -3.30. The van der Waals surface area contributed by atoms with E-state index in [4.69, 9.17) is 4.74 Å². The van der Waals surface area contributed by atoms with Crippen molar-refractivity contribution in [3.63, 3.8) is 0 Å². The second-order valence-corrected chi connectivity index (χ2v) is 9.37. The molecular formula is C25H28N6O2S. The van der Waals surface area contributed by atoms with E-state index in [1.165, 1.54) is 17.5 Å². The minimum atomic E-state index is -0.0178. The summed E-state index contributed by atoms with van der Waals surface area (Å²) in [7, 11) is 0. The molecule has 0 bridgehead atoms. The molecule has 1 amide bonds. The summed E-state index contributed by atoms with van der Waals surface area (Å²) in [6.07, 6.45) is 2.51. The van der Waals surface area contributed by atoms with E-state index in [-0.39, 0.29) is 12.0 Å². The molecule has 0 fully saturated rings. The molecular weight excluding hydrogens is 448 g/mol. The number of amides is 1. The fourth-order valence-electron chi connectivity index (χ4n) is 4.48. The number of benzene rings is 1. The van der Waals surface area contributed by atoms with Crippen molar-refractivity contribution in [3.8, 4) is 5.75 Å². The monoisotopic (exact) mass is 476 g/mol. The van der Waals surface area contributed by atoms with Crippen LogP contribution in [0.4, 0.5) is 0 Å². The number of aryl methyl sites for hydroxylation is 2. The lowest BCUT2D eigenvalue weighted by Gasteiger charge is -2.23. The second-order valence-electron chi connectivity index (χ2n) is 8.59. The Kier molecular flexibility index (Phi) is 6.55. The SMILES string of the molecule is Cc1nc2ncnn2c(C)c1CCC(=O)NCCN1Cc2ccccc2OC(c2ccsc2)C1. The highest BCUT2D eigenvalue weighted by Crippen LogP contribution is 2.31. The van der Waals surface area contributed by atoms with Gasteiger partial charge in [0, 0.05) is 55.1 Å². The van der Waals surface area contributed by atoms with Crippen LogP contribution < -0.4 is 10.1 Å². The minimum Gasteiger partial charge on any atom is -0.484 e. The minimum absolute atomic E-state index is 0.0178. The van der Waals surface area contributed by atoms with Gasteiger partial charge in [0.1, 0.15) is 18.2 Å². The van der Waals surface area contributed by atoms with Gasteiger partial charge >= 0.3 is 0 Å². The van der Waals surface area contributed by atoms with Crippen molar-refractivity contribution in [2.75, 3.05) is 19.6 Å². The molecule has 9 heteroatoms. The summed E-state index contributed by atoms with van der Waals surface area (Å²) in [6, 6.07) is 10.3. The number of aromatic nitrogens is 4. The summed E-state index contributed by atoms with van der Waals surface area (Å²) in [4.78, 5) is 23.6. The van der Waals surface area contributed by atoms with E-state index in [9.17, 15) is 4.79 Å². The quantitative estimate of drug-likeness (QED) is 0.440. The van der Waals surface area contributed by atoms with Gasteiger partial charge in [-0.1, -0.05) is 18.2 Å². The van der Waals surface area contributed by atoms with Gasteiger partial charge in [-0.25, -0.2) is 9.50 Å². The van der Waals surface area contributed by atoms with E-state index in [0.717, 1.165) is 42.3 Å². The summed E-state index contributed by atoms with van der Waals surface area (Å²) >= 11 is 1.68. The first-order valence-corrected chi connectivity index (χ1v) is 12.4. The van der Waals surface area contributed by atoms with E-state index in [0.29, 0.717) is 25.2 Å². The smallest absolute Gasteiger partial charge is 0.252 e. The van der Waals surface area contributed by atoms with Crippen LogP contribution in [0.15, 0.2) is 47.4 Å². The van der Waals surface area contributed by atoms with Crippen LogP contribution >= 0.6 is 11.3 Å². The Morgan fingerprint density at radius 1 is 1.26 bits per heavy atom. The van der Waals surface area contributed by atoms with Gasteiger partial charge in [0.2, 0.25) is 5.91 Å². The third-order valence-corrected chi connectivity index (χ3v) is 7.02. The number of rotatable bonds is 7. The molecule has 176 valence electrons. The Balaban J connectivity index is 1.18. The zero-order valence-electron chi connectivity index (χ0n) is 19.4. The molecule has 0 saturated carbocycles.